The standard InChI is InChI=1S/C8H11ClF3N3/c1-2-15-6(3-4-8(10,11)12)13-14-7(15)5-9/h2-5H2,1H3. The maximum atomic E-state index is 12.0. The fourth-order valence-electron chi connectivity index (χ4n) is 1.27. The molecule has 1 aromatic rings. The highest BCUT2D eigenvalue weighted by Crippen LogP contribution is 2.21. The zero-order valence-electron chi connectivity index (χ0n) is 8.18. The highest BCUT2D eigenvalue weighted by Gasteiger charge is 2.27. The van der Waals surface area contributed by atoms with Gasteiger partial charge in [-0.05, 0) is 6.92 Å². The number of hydrogen-bond acceptors (Lipinski definition) is 2. The van der Waals surface area contributed by atoms with Crippen LogP contribution in [0.2, 0.25) is 0 Å². The summed E-state index contributed by atoms with van der Waals surface area (Å²) in [4.78, 5) is 0. The molecular formula is C8H11ClF3N3. The molecule has 1 aromatic heterocycles. The van der Waals surface area contributed by atoms with Crippen LogP contribution in [0.3, 0.4) is 0 Å². The van der Waals surface area contributed by atoms with E-state index in [9.17, 15) is 13.2 Å². The molecule has 0 bridgehead atoms. The number of aromatic nitrogens is 3. The van der Waals surface area contributed by atoms with Gasteiger partial charge in [0, 0.05) is 13.0 Å². The molecule has 0 spiro atoms. The summed E-state index contributed by atoms with van der Waals surface area (Å²) in [6.07, 6.45) is -5.19. The Labute approximate surface area is 90.2 Å². The average molecular weight is 242 g/mol. The van der Waals surface area contributed by atoms with Gasteiger partial charge in [0.05, 0.1) is 12.3 Å². The smallest absolute Gasteiger partial charge is 0.314 e. The van der Waals surface area contributed by atoms with E-state index in [4.69, 9.17) is 11.6 Å². The molecule has 0 N–H and O–H groups in total. The molecule has 7 heteroatoms. The molecule has 0 atom stereocenters. The highest BCUT2D eigenvalue weighted by molar-refractivity contribution is 6.16. The van der Waals surface area contributed by atoms with E-state index in [-0.39, 0.29) is 12.3 Å². The van der Waals surface area contributed by atoms with E-state index in [1.807, 2.05) is 6.92 Å². The summed E-state index contributed by atoms with van der Waals surface area (Å²) in [5.74, 6) is 1.01. The molecule has 0 radical (unpaired) electrons. The summed E-state index contributed by atoms with van der Waals surface area (Å²) in [6.45, 7) is 2.35. The van der Waals surface area contributed by atoms with Crippen molar-refractivity contribution in [1.29, 1.82) is 0 Å². The Bertz CT molecular complexity index is 321. The number of hydrogen-bond donors (Lipinski definition) is 0. The van der Waals surface area contributed by atoms with Gasteiger partial charge in [0.25, 0.3) is 0 Å². The monoisotopic (exact) mass is 241 g/mol. The maximum Gasteiger partial charge on any atom is 0.389 e. The summed E-state index contributed by atoms with van der Waals surface area (Å²) in [7, 11) is 0. The Morgan fingerprint density at radius 3 is 2.33 bits per heavy atom. The second kappa shape index (κ2) is 4.83. The van der Waals surface area contributed by atoms with Crippen LogP contribution in [0.5, 0.6) is 0 Å². The number of rotatable bonds is 4. The fraction of sp³-hybridized carbons (Fsp3) is 0.750. The number of alkyl halides is 4. The minimum atomic E-state index is -4.16. The molecular weight excluding hydrogens is 231 g/mol. The Morgan fingerprint density at radius 2 is 1.87 bits per heavy atom. The van der Waals surface area contributed by atoms with E-state index < -0.39 is 12.6 Å². The molecule has 0 aliphatic rings. The van der Waals surface area contributed by atoms with Crippen molar-refractivity contribution >= 4 is 11.6 Å². The van der Waals surface area contributed by atoms with Crippen molar-refractivity contribution < 1.29 is 13.2 Å². The molecule has 0 aromatic carbocycles. The van der Waals surface area contributed by atoms with Gasteiger partial charge in [0.1, 0.15) is 11.6 Å². The summed E-state index contributed by atoms with van der Waals surface area (Å²) in [5, 5.41) is 7.41. The van der Waals surface area contributed by atoms with Gasteiger partial charge in [-0.25, -0.2) is 0 Å². The van der Waals surface area contributed by atoms with Crippen LogP contribution in [0.1, 0.15) is 25.0 Å². The van der Waals surface area contributed by atoms with E-state index >= 15 is 0 Å². The average Bonchev–Trinajstić information content (AvgIpc) is 2.55. The zero-order chi connectivity index (χ0) is 11.5. The van der Waals surface area contributed by atoms with Crippen LogP contribution in [0, 0.1) is 0 Å². The quantitative estimate of drug-likeness (QED) is 0.759. The first-order chi connectivity index (χ1) is 6.98. The molecule has 0 fully saturated rings. The van der Waals surface area contributed by atoms with E-state index in [0.717, 1.165) is 0 Å². The Kier molecular flexibility index (Phi) is 3.96. The van der Waals surface area contributed by atoms with Gasteiger partial charge in [-0.1, -0.05) is 0 Å². The van der Waals surface area contributed by atoms with Crippen LogP contribution < -0.4 is 0 Å². The lowest BCUT2D eigenvalue weighted by Crippen LogP contribution is -2.12. The van der Waals surface area contributed by atoms with E-state index in [1.165, 1.54) is 0 Å². The van der Waals surface area contributed by atoms with Crippen molar-refractivity contribution in [3.63, 3.8) is 0 Å². The predicted octanol–water partition coefficient (Wildman–Crippen LogP) is 2.53. The Balaban J connectivity index is 2.73. The lowest BCUT2D eigenvalue weighted by molar-refractivity contribution is -0.134. The van der Waals surface area contributed by atoms with E-state index in [2.05, 4.69) is 10.2 Å². The Morgan fingerprint density at radius 1 is 1.27 bits per heavy atom. The highest BCUT2D eigenvalue weighted by atomic mass is 35.5. The molecule has 0 unspecified atom stereocenters. The van der Waals surface area contributed by atoms with Crippen molar-refractivity contribution in [3.05, 3.63) is 11.6 Å². The minimum Gasteiger partial charge on any atom is -0.314 e. The van der Waals surface area contributed by atoms with Crippen molar-refractivity contribution in [1.82, 2.24) is 14.8 Å². The maximum absolute atomic E-state index is 12.0. The van der Waals surface area contributed by atoms with Crippen LogP contribution in [0.4, 0.5) is 13.2 Å². The lowest BCUT2D eigenvalue weighted by Gasteiger charge is -2.07. The normalized spacial score (nSPS) is 12.1. The second-order valence-electron chi connectivity index (χ2n) is 3.03. The van der Waals surface area contributed by atoms with E-state index in [0.29, 0.717) is 18.2 Å². The van der Waals surface area contributed by atoms with Gasteiger partial charge in [-0.3, -0.25) is 0 Å². The molecule has 86 valence electrons. The third-order valence-corrected chi connectivity index (χ3v) is 2.21. The van der Waals surface area contributed by atoms with Crippen molar-refractivity contribution in [3.8, 4) is 0 Å². The predicted molar refractivity (Wildman–Crippen MR) is 49.6 cm³/mol. The van der Waals surface area contributed by atoms with Gasteiger partial charge in [-0.15, -0.1) is 21.8 Å². The molecule has 1 rings (SSSR count). The van der Waals surface area contributed by atoms with Crippen molar-refractivity contribution in [2.45, 2.75) is 38.4 Å². The van der Waals surface area contributed by atoms with E-state index in [1.54, 1.807) is 4.57 Å². The minimum absolute atomic E-state index is 0.152. The third-order valence-electron chi connectivity index (χ3n) is 1.97. The van der Waals surface area contributed by atoms with Gasteiger partial charge < -0.3 is 4.57 Å². The lowest BCUT2D eigenvalue weighted by atomic mass is 10.3. The third kappa shape index (κ3) is 3.37. The Hall–Kier alpha value is -0.780. The zero-order valence-corrected chi connectivity index (χ0v) is 8.94. The number of halogens is 4. The number of nitrogens with zero attached hydrogens (tertiary/aromatic N) is 3. The molecule has 1 heterocycles. The summed E-state index contributed by atoms with van der Waals surface area (Å²) in [6, 6.07) is 0. The van der Waals surface area contributed by atoms with Gasteiger partial charge in [-0.2, -0.15) is 13.2 Å². The second-order valence-corrected chi connectivity index (χ2v) is 3.29. The first-order valence-electron chi connectivity index (χ1n) is 4.51. The molecule has 15 heavy (non-hydrogen) atoms. The summed E-state index contributed by atoms with van der Waals surface area (Å²) >= 11 is 5.57. The van der Waals surface area contributed by atoms with Crippen molar-refractivity contribution in [2.24, 2.45) is 0 Å². The molecule has 3 nitrogen and oxygen atoms in total. The van der Waals surface area contributed by atoms with Crippen LogP contribution in [0.15, 0.2) is 0 Å². The largest absolute Gasteiger partial charge is 0.389 e. The first kappa shape index (κ1) is 12.3. The molecule has 0 saturated carbocycles. The molecule has 0 aliphatic carbocycles. The number of aryl methyl sites for hydroxylation is 1. The molecule has 0 amide bonds. The van der Waals surface area contributed by atoms with Crippen LogP contribution in [-0.4, -0.2) is 20.9 Å². The summed E-state index contributed by atoms with van der Waals surface area (Å²) < 4.78 is 37.6. The summed E-state index contributed by atoms with van der Waals surface area (Å²) in [5.41, 5.74) is 0. The SMILES string of the molecule is CCn1c(CCl)nnc1CCC(F)(F)F. The molecule has 0 aliphatic heterocycles. The van der Waals surface area contributed by atoms with Crippen LogP contribution >= 0.6 is 11.6 Å². The van der Waals surface area contributed by atoms with Gasteiger partial charge in [0.2, 0.25) is 0 Å². The fourth-order valence-corrected chi connectivity index (χ4v) is 1.47. The topological polar surface area (TPSA) is 30.7 Å². The van der Waals surface area contributed by atoms with Crippen molar-refractivity contribution in [2.75, 3.05) is 0 Å². The molecule has 0 saturated heterocycles. The van der Waals surface area contributed by atoms with Gasteiger partial charge >= 0.3 is 6.18 Å². The van der Waals surface area contributed by atoms with Crippen LogP contribution in [-0.2, 0) is 18.8 Å². The first-order valence-corrected chi connectivity index (χ1v) is 5.05. The van der Waals surface area contributed by atoms with Gasteiger partial charge in [0.15, 0.2) is 0 Å². The van der Waals surface area contributed by atoms with Crippen LogP contribution in [0.25, 0.3) is 0 Å².